The van der Waals surface area contributed by atoms with E-state index < -0.39 is 79.9 Å². The summed E-state index contributed by atoms with van der Waals surface area (Å²) in [7, 11) is 0. The van der Waals surface area contributed by atoms with Gasteiger partial charge in [0.1, 0.15) is 36.1 Å². The molecule has 6 atom stereocenters. The summed E-state index contributed by atoms with van der Waals surface area (Å²) < 4.78 is 52.3. The Kier molecular flexibility index (Phi) is 10.9. The van der Waals surface area contributed by atoms with E-state index >= 15 is 0 Å². The van der Waals surface area contributed by atoms with Crippen LogP contribution in [0.5, 0.6) is 0 Å². The zero-order chi connectivity index (χ0) is 31.6. The number of hydrogen-bond acceptors (Lipinski definition) is 13. The number of carbonyl (C=O) groups excluding carboxylic acids is 2. The Morgan fingerprint density at radius 3 is 2.14 bits per heavy atom. The second kappa shape index (κ2) is 13.5. The SMILES string of the molecule is CC(C)OC(=O)[C@H](C)NP(=S)(N[C@@H](C)C(=O)OC(C)C)OC[C@@]1(C(F)F)O[C@@H](n2cnc3c(N)ncnc32)[C@@H](O)[C@@H]1O. The molecule has 15 nitrogen and oxygen atoms in total. The number of aromatic nitrogens is 4. The summed E-state index contributed by atoms with van der Waals surface area (Å²) in [5, 5.41) is 27.2. The van der Waals surface area contributed by atoms with Crippen molar-refractivity contribution in [1.82, 2.24) is 29.7 Å². The Morgan fingerprint density at radius 1 is 1.10 bits per heavy atom. The van der Waals surface area contributed by atoms with Crippen molar-refractivity contribution in [2.75, 3.05) is 12.3 Å². The molecule has 19 heteroatoms. The second-order valence-corrected chi connectivity index (χ2v) is 13.7. The predicted molar refractivity (Wildman–Crippen MR) is 148 cm³/mol. The fraction of sp³-hybridized carbons (Fsp3) is 0.696. The van der Waals surface area contributed by atoms with E-state index in [9.17, 15) is 28.6 Å². The molecule has 1 aliphatic rings. The number of anilines is 1. The molecule has 2 aromatic rings. The van der Waals surface area contributed by atoms with Gasteiger partial charge in [-0.3, -0.25) is 14.2 Å². The maximum absolute atomic E-state index is 14.7. The quantitative estimate of drug-likeness (QED) is 0.152. The molecule has 0 aromatic carbocycles. The van der Waals surface area contributed by atoms with Gasteiger partial charge in [-0.15, -0.1) is 0 Å². The molecule has 3 heterocycles. The first-order valence-electron chi connectivity index (χ1n) is 13.0. The molecule has 0 spiro atoms. The van der Waals surface area contributed by atoms with Gasteiger partial charge in [0.25, 0.3) is 6.43 Å². The van der Waals surface area contributed by atoms with Crippen LogP contribution in [0.2, 0.25) is 0 Å². The van der Waals surface area contributed by atoms with Crippen molar-refractivity contribution >= 4 is 47.3 Å². The van der Waals surface area contributed by atoms with Crippen LogP contribution in [0.4, 0.5) is 14.6 Å². The Balaban J connectivity index is 1.91. The average molecular weight is 640 g/mol. The molecule has 0 radical (unpaired) electrons. The number of nitrogen functional groups attached to an aromatic ring is 1. The summed E-state index contributed by atoms with van der Waals surface area (Å²) in [6.07, 6.45) is -7.74. The van der Waals surface area contributed by atoms with Crippen molar-refractivity contribution in [2.24, 2.45) is 0 Å². The van der Waals surface area contributed by atoms with Crippen molar-refractivity contribution in [3.63, 3.8) is 0 Å². The largest absolute Gasteiger partial charge is 0.462 e. The fourth-order valence-corrected chi connectivity index (χ4v) is 6.98. The Labute approximate surface area is 245 Å². The van der Waals surface area contributed by atoms with E-state index in [4.69, 9.17) is 36.3 Å². The van der Waals surface area contributed by atoms with Crippen LogP contribution in [0, 0.1) is 0 Å². The van der Waals surface area contributed by atoms with Gasteiger partial charge in [-0.25, -0.2) is 33.9 Å². The normalized spacial score (nSPS) is 24.5. The molecule has 0 saturated carbocycles. The molecule has 0 bridgehead atoms. The number of carbonyl (C=O) groups is 2. The number of rotatable bonds is 13. The Morgan fingerprint density at radius 2 is 1.64 bits per heavy atom. The van der Waals surface area contributed by atoms with Crippen molar-refractivity contribution in [1.29, 1.82) is 0 Å². The molecule has 42 heavy (non-hydrogen) atoms. The number of imidazole rings is 1. The van der Waals surface area contributed by atoms with Gasteiger partial charge in [0.05, 0.1) is 25.1 Å². The molecule has 2 aromatic heterocycles. The monoisotopic (exact) mass is 639 g/mol. The first kappa shape index (κ1) is 34.1. The smallest absolute Gasteiger partial charge is 0.323 e. The number of nitrogens with zero attached hydrogens (tertiary/aromatic N) is 4. The highest BCUT2D eigenvalue weighted by molar-refractivity contribution is 8.10. The molecule has 0 unspecified atom stereocenters. The minimum atomic E-state index is -3.76. The van der Waals surface area contributed by atoms with E-state index in [0.29, 0.717) is 0 Å². The maximum atomic E-state index is 14.7. The molecule has 0 aliphatic carbocycles. The van der Waals surface area contributed by atoms with Gasteiger partial charge in [0.15, 0.2) is 29.9 Å². The Bertz CT molecular complexity index is 1290. The van der Waals surface area contributed by atoms with Crippen LogP contribution in [0.15, 0.2) is 12.7 Å². The number of esters is 2. The van der Waals surface area contributed by atoms with Crippen LogP contribution < -0.4 is 15.9 Å². The van der Waals surface area contributed by atoms with E-state index in [1.807, 2.05) is 0 Å². The lowest BCUT2D eigenvalue weighted by Gasteiger charge is -2.35. The predicted octanol–water partition coefficient (Wildman–Crippen LogP) is 0.764. The molecular formula is C23H36F2N7O8PS. The van der Waals surface area contributed by atoms with E-state index in [-0.39, 0.29) is 17.0 Å². The van der Waals surface area contributed by atoms with Crippen molar-refractivity contribution in [3.8, 4) is 0 Å². The third-order valence-electron chi connectivity index (χ3n) is 6.10. The van der Waals surface area contributed by atoms with Crippen LogP contribution in [0.25, 0.3) is 11.2 Å². The number of nitrogens with two attached hydrogens (primary N) is 1. The number of nitrogens with one attached hydrogen (secondary N) is 2. The molecule has 1 saturated heterocycles. The molecule has 0 amide bonds. The summed E-state index contributed by atoms with van der Waals surface area (Å²) in [4.78, 5) is 36.9. The first-order valence-corrected chi connectivity index (χ1v) is 15.7. The summed E-state index contributed by atoms with van der Waals surface area (Å²) >= 11 is 5.61. The number of hydrogen-bond donors (Lipinski definition) is 5. The van der Waals surface area contributed by atoms with E-state index in [1.54, 1.807) is 27.7 Å². The Hall–Kier alpha value is -2.44. The lowest BCUT2D eigenvalue weighted by Crippen LogP contribution is -2.53. The van der Waals surface area contributed by atoms with Crippen LogP contribution in [-0.2, 0) is 40.1 Å². The molecule has 3 rings (SSSR count). The van der Waals surface area contributed by atoms with Gasteiger partial charge in [-0.2, -0.15) is 0 Å². The molecule has 1 aliphatic heterocycles. The van der Waals surface area contributed by atoms with Crippen LogP contribution in [0.1, 0.15) is 47.8 Å². The number of aliphatic hydroxyl groups is 2. The van der Waals surface area contributed by atoms with Crippen LogP contribution in [0.3, 0.4) is 0 Å². The molecule has 236 valence electrons. The van der Waals surface area contributed by atoms with Crippen LogP contribution in [-0.4, -0.2) is 96.8 Å². The summed E-state index contributed by atoms with van der Waals surface area (Å²) in [5.41, 5.74) is 3.18. The minimum absolute atomic E-state index is 0.00306. The first-order chi connectivity index (χ1) is 19.5. The number of alkyl halides is 2. The van der Waals surface area contributed by atoms with Crippen molar-refractivity contribution < 1.29 is 47.3 Å². The highest BCUT2D eigenvalue weighted by Gasteiger charge is 2.61. The maximum Gasteiger partial charge on any atom is 0.323 e. The van der Waals surface area contributed by atoms with Gasteiger partial charge in [0, 0.05) is 0 Å². The molecule has 6 N–H and O–H groups in total. The summed E-state index contributed by atoms with van der Waals surface area (Å²) in [6.45, 7) is 4.53. The number of aliphatic hydroxyl groups excluding tert-OH is 2. The average Bonchev–Trinajstić information content (AvgIpc) is 3.42. The minimum Gasteiger partial charge on any atom is -0.462 e. The highest BCUT2D eigenvalue weighted by atomic mass is 32.4. The van der Waals surface area contributed by atoms with E-state index in [2.05, 4.69) is 25.1 Å². The van der Waals surface area contributed by atoms with Gasteiger partial charge in [-0.1, -0.05) is 0 Å². The standard InChI is InChI=1S/C23H36F2N7O8PS/c1-10(2)38-20(35)12(5)30-41(42,31-13(6)21(36)39-11(3)4)37-7-23(22(24)25)16(34)15(33)19(40-23)32-9-29-14-17(26)27-8-28-18(14)32/h8-13,15-16,19,22,33-34H,7H2,1-6H3,(H2,26,27,28)(H2,30,31,42)/t12-,13-,15-,16-,19+,23+/m0/s1. The van der Waals surface area contributed by atoms with E-state index in [0.717, 1.165) is 17.2 Å². The topological polar surface area (TPSA) is 205 Å². The number of halogens is 2. The van der Waals surface area contributed by atoms with Gasteiger partial charge in [-0.05, 0) is 53.3 Å². The molecule has 1 fully saturated rings. The zero-order valence-electron chi connectivity index (χ0n) is 23.8. The fourth-order valence-electron chi connectivity index (χ4n) is 4.04. The molecular weight excluding hydrogens is 603 g/mol. The van der Waals surface area contributed by atoms with Crippen molar-refractivity contribution in [3.05, 3.63) is 12.7 Å². The van der Waals surface area contributed by atoms with Gasteiger partial charge in [0.2, 0.25) is 0 Å². The lowest BCUT2D eigenvalue weighted by atomic mass is 9.96. The highest BCUT2D eigenvalue weighted by Crippen LogP contribution is 2.47. The summed E-state index contributed by atoms with van der Waals surface area (Å²) in [6, 6.07) is -2.20. The van der Waals surface area contributed by atoms with Crippen molar-refractivity contribution in [2.45, 2.75) is 96.3 Å². The zero-order valence-corrected chi connectivity index (χ0v) is 25.5. The third kappa shape index (κ3) is 7.37. The lowest BCUT2D eigenvalue weighted by molar-refractivity contribution is -0.190. The second-order valence-electron chi connectivity index (χ2n) is 10.3. The third-order valence-corrected chi connectivity index (χ3v) is 8.99. The van der Waals surface area contributed by atoms with Gasteiger partial charge >= 0.3 is 11.9 Å². The number of fused-ring (bicyclic) bond motifs is 1. The number of ether oxygens (including phenoxy) is 3. The summed E-state index contributed by atoms with van der Waals surface area (Å²) in [5.74, 6) is -1.43. The van der Waals surface area contributed by atoms with Gasteiger partial charge < -0.3 is 34.7 Å². The van der Waals surface area contributed by atoms with E-state index in [1.165, 1.54) is 13.8 Å². The van der Waals surface area contributed by atoms with Crippen LogP contribution >= 0.6 is 6.57 Å².